The van der Waals surface area contributed by atoms with Crippen LogP contribution in [0.5, 0.6) is 11.5 Å². The lowest BCUT2D eigenvalue weighted by atomic mass is 10.1. The largest absolute Gasteiger partial charge is 0.457 e. The highest BCUT2D eigenvalue weighted by atomic mass is 19.3. The van der Waals surface area contributed by atoms with Gasteiger partial charge < -0.3 is 20.7 Å². The Balaban J connectivity index is 1.55. The second-order valence-electron chi connectivity index (χ2n) is 6.92. The van der Waals surface area contributed by atoms with Crippen LogP contribution in [-0.2, 0) is 9.59 Å². The third-order valence-electron chi connectivity index (χ3n) is 4.83. The predicted molar refractivity (Wildman–Crippen MR) is 104 cm³/mol. The molecule has 0 radical (unpaired) electrons. The molecule has 0 aliphatic carbocycles. The van der Waals surface area contributed by atoms with Crippen molar-refractivity contribution < 1.29 is 27.9 Å². The maximum atomic E-state index is 12.9. The number of carbonyl (C=O) groups is 3. The average Bonchev–Trinajstić information content (AvgIpc) is 3.19. The Hall–Kier alpha value is -3.49. The van der Waals surface area contributed by atoms with Gasteiger partial charge in [-0.3, -0.25) is 14.4 Å². The number of nitrogens with two attached hydrogens (primary N) is 1. The number of nitrogens with zero attached hydrogens (tertiary/aromatic N) is 1. The number of hydrogen-bond donors (Lipinski definition) is 2. The number of halogens is 2. The molecule has 0 saturated carbocycles. The van der Waals surface area contributed by atoms with E-state index in [0.717, 1.165) is 4.90 Å². The molecule has 0 bridgehead atoms. The second-order valence-corrected chi connectivity index (χ2v) is 6.92. The lowest BCUT2D eigenvalue weighted by Crippen LogP contribution is -2.47. The molecule has 1 saturated heterocycles. The summed E-state index contributed by atoms with van der Waals surface area (Å²) in [6, 6.07) is 14.3. The first kappa shape index (κ1) is 21.2. The van der Waals surface area contributed by atoms with Crippen molar-refractivity contribution in [3.8, 4) is 11.5 Å². The second kappa shape index (κ2) is 9.34. The quantitative estimate of drug-likeness (QED) is 0.721. The smallest absolute Gasteiger partial charge is 0.251 e. The van der Waals surface area contributed by atoms with Gasteiger partial charge in [0.25, 0.3) is 5.91 Å². The standard InChI is InChI=1S/C21H21F2N3O4/c22-19(23)14-10-17(20(24)28)26(12-14)18(27)11-25-21(29)13-6-8-16(9-7-13)30-15-4-2-1-3-5-15/h1-9,14,17,19H,10-12H2,(H2,24,28)(H,25,29). The molecule has 30 heavy (non-hydrogen) atoms. The molecule has 3 N–H and O–H groups in total. The number of alkyl halides is 2. The zero-order valence-corrected chi connectivity index (χ0v) is 16.0. The Morgan fingerprint density at radius 3 is 2.30 bits per heavy atom. The van der Waals surface area contributed by atoms with Crippen LogP contribution < -0.4 is 15.8 Å². The summed E-state index contributed by atoms with van der Waals surface area (Å²) >= 11 is 0. The van der Waals surface area contributed by atoms with Gasteiger partial charge in [-0.05, 0) is 42.8 Å². The Bertz CT molecular complexity index is 906. The number of likely N-dealkylation sites (tertiary alicyclic amines) is 1. The van der Waals surface area contributed by atoms with E-state index in [1.807, 2.05) is 18.2 Å². The van der Waals surface area contributed by atoms with Crippen molar-refractivity contribution >= 4 is 17.7 Å². The molecule has 2 atom stereocenters. The SMILES string of the molecule is NC(=O)C1CC(C(F)F)CN1C(=O)CNC(=O)c1ccc(Oc2ccccc2)cc1. The van der Waals surface area contributed by atoms with Crippen molar-refractivity contribution in [1.82, 2.24) is 10.2 Å². The number of amides is 3. The number of hydrogen-bond acceptors (Lipinski definition) is 4. The van der Waals surface area contributed by atoms with Crippen molar-refractivity contribution in [1.29, 1.82) is 0 Å². The van der Waals surface area contributed by atoms with Crippen LogP contribution in [0.1, 0.15) is 16.8 Å². The van der Waals surface area contributed by atoms with Gasteiger partial charge in [-0.15, -0.1) is 0 Å². The van der Waals surface area contributed by atoms with Gasteiger partial charge in [0, 0.05) is 18.0 Å². The van der Waals surface area contributed by atoms with E-state index in [1.165, 1.54) is 12.1 Å². The first-order valence-corrected chi connectivity index (χ1v) is 9.33. The van der Waals surface area contributed by atoms with Crippen molar-refractivity contribution in [3.63, 3.8) is 0 Å². The van der Waals surface area contributed by atoms with E-state index < -0.39 is 42.7 Å². The van der Waals surface area contributed by atoms with E-state index in [0.29, 0.717) is 17.1 Å². The van der Waals surface area contributed by atoms with E-state index in [4.69, 9.17) is 10.5 Å². The Morgan fingerprint density at radius 2 is 1.70 bits per heavy atom. The van der Waals surface area contributed by atoms with E-state index in [2.05, 4.69) is 5.32 Å². The zero-order valence-electron chi connectivity index (χ0n) is 16.0. The van der Waals surface area contributed by atoms with Crippen molar-refractivity contribution in [2.75, 3.05) is 13.1 Å². The van der Waals surface area contributed by atoms with E-state index in [-0.39, 0.29) is 13.0 Å². The molecule has 158 valence electrons. The number of ether oxygens (including phenoxy) is 1. The molecule has 3 amide bonds. The Kier molecular flexibility index (Phi) is 6.61. The first-order valence-electron chi connectivity index (χ1n) is 9.33. The number of nitrogens with one attached hydrogen (secondary N) is 1. The van der Waals surface area contributed by atoms with Gasteiger partial charge in [-0.1, -0.05) is 18.2 Å². The molecule has 2 aromatic rings. The highest BCUT2D eigenvalue weighted by Crippen LogP contribution is 2.28. The van der Waals surface area contributed by atoms with Crippen LogP contribution in [-0.4, -0.2) is 48.2 Å². The number of carbonyl (C=O) groups excluding carboxylic acids is 3. The third-order valence-corrected chi connectivity index (χ3v) is 4.83. The van der Waals surface area contributed by atoms with Gasteiger partial charge >= 0.3 is 0 Å². The summed E-state index contributed by atoms with van der Waals surface area (Å²) < 4.78 is 31.5. The van der Waals surface area contributed by atoms with Crippen LogP contribution in [0.3, 0.4) is 0 Å². The summed E-state index contributed by atoms with van der Waals surface area (Å²) in [4.78, 5) is 37.1. The fourth-order valence-electron chi connectivity index (χ4n) is 3.25. The minimum Gasteiger partial charge on any atom is -0.457 e. The minimum absolute atomic E-state index is 0.185. The van der Waals surface area contributed by atoms with Crippen molar-refractivity contribution in [3.05, 3.63) is 60.2 Å². The fourth-order valence-corrected chi connectivity index (χ4v) is 3.25. The van der Waals surface area contributed by atoms with Gasteiger partial charge in [-0.2, -0.15) is 0 Å². The molecule has 9 heteroatoms. The molecule has 2 aromatic carbocycles. The number of benzene rings is 2. The molecular formula is C21H21F2N3O4. The first-order chi connectivity index (χ1) is 14.3. The third kappa shape index (κ3) is 5.11. The van der Waals surface area contributed by atoms with Crippen molar-refractivity contribution in [2.45, 2.75) is 18.9 Å². The summed E-state index contributed by atoms with van der Waals surface area (Å²) in [6.07, 6.45) is -2.84. The maximum Gasteiger partial charge on any atom is 0.251 e. The highest BCUT2D eigenvalue weighted by Gasteiger charge is 2.41. The van der Waals surface area contributed by atoms with E-state index in [1.54, 1.807) is 24.3 Å². The average molecular weight is 417 g/mol. The summed E-state index contributed by atoms with van der Waals surface area (Å²) in [5, 5.41) is 2.44. The number of primary amides is 1. The Morgan fingerprint density at radius 1 is 1.07 bits per heavy atom. The minimum atomic E-state index is -2.66. The molecule has 7 nitrogen and oxygen atoms in total. The van der Waals surface area contributed by atoms with Gasteiger partial charge in [0.05, 0.1) is 6.54 Å². The number of para-hydroxylation sites is 1. The molecule has 2 unspecified atom stereocenters. The van der Waals surface area contributed by atoms with Crippen molar-refractivity contribution in [2.24, 2.45) is 11.7 Å². The van der Waals surface area contributed by atoms with Crippen LogP contribution in [0.15, 0.2) is 54.6 Å². The topological polar surface area (TPSA) is 102 Å². The summed E-state index contributed by atoms with van der Waals surface area (Å²) in [5.41, 5.74) is 5.52. The van der Waals surface area contributed by atoms with Crippen LogP contribution >= 0.6 is 0 Å². The lowest BCUT2D eigenvalue weighted by molar-refractivity contribution is -0.136. The Labute approximate surface area is 171 Å². The summed E-state index contributed by atoms with van der Waals surface area (Å²) in [6.45, 7) is -0.702. The normalized spacial score (nSPS) is 18.3. The summed E-state index contributed by atoms with van der Waals surface area (Å²) in [7, 11) is 0. The highest BCUT2D eigenvalue weighted by molar-refractivity contribution is 5.97. The molecule has 0 spiro atoms. The molecule has 1 fully saturated rings. The van der Waals surface area contributed by atoms with Gasteiger partial charge in [-0.25, -0.2) is 8.78 Å². The maximum absolute atomic E-state index is 12.9. The van der Waals surface area contributed by atoms with Gasteiger partial charge in [0.15, 0.2) is 0 Å². The zero-order chi connectivity index (χ0) is 21.7. The number of rotatable bonds is 7. The molecule has 0 aromatic heterocycles. The van der Waals surface area contributed by atoms with E-state index >= 15 is 0 Å². The molecule has 1 heterocycles. The molecular weight excluding hydrogens is 396 g/mol. The lowest BCUT2D eigenvalue weighted by Gasteiger charge is -2.22. The molecule has 3 rings (SSSR count). The monoisotopic (exact) mass is 417 g/mol. The fraction of sp³-hybridized carbons (Fsp3) is 0.286. The summed E-state index contributed by atoms with van der Waals surface area (Å²) in [5.74, 6) is -1.93. The van der Waals surface area contributed by atoms with Crippen LogP contribution in [0.25, 0.3) is 0 Å². The molecule has 1 aliphatic rings. The van der Waals surface area contributed by atoms with Gasteiger partial charge in [0.1, 0.15) is 17.5 Å². The van der Waals surface area contributed by atoms with Crippen LogP contribution in [0.2, 0.25) is 0 Å². The van der Waals surface area contributed by atoms with Crippen LogP contribution in [0, 0.1) is 5.92 Å². The van der Waals surface area contributed by atoms with Crippen LogP contribution in [0.4, 0.5) is 8.78 Å². The van der Waals surface area contributed by atoms with Gasteiger partial charge in [0.2, 0.25) is 18.2 Å². The predicted octanol–water partition coefficient (Wildman–Crippen LogP) is 2.18. The molecule has 1 aliphatic heterocycles. The van der Waals surface area contributed by atoms with E-state index in [9.17, 15) is 23.2 Å².